The van der Waals surface area contributed by atoms with Gasteiger partial charge in [-0.25, -0.2) is 4.98 Å². The lowest BCUT2D eigenvalue weighted by atomic mass is 9.97. The van der Waals surface area contributed by atoms with E-state index in [1.807, 2.05) is 18.2 Å². The highest BCUT2D eigenvalue weighted by atomic mass is 16.1. The smallest absolute Gasteiger partial charge is 0.255 e. The monoisotopic (exact) mass is 256 g/mol. The number of fused-ring (bicyclic) bond motifs is 1. The zero-order chi connectivity index (χ0) is 13.1. The predicted molar refractivity (Wildman–Crippen MR) is 73.1 cm³/mol. The summed E-state index contributed by atoms with van der Waals surface area (Å²) in [5.41, 5.74) is 2.71. The first-order valence-electron chi connectivity index (χ1n) is 6.59. The van der Waals surface area contributed by atoms with Gasteiger partial charge in [-0.2, -0.15) is 0 Å². The van der Waals surface area contributed by atoms with Crippen molar-refractivity contribution in [2.24, 2.45) is 0 Å². The molecule has 1 aliphatic rings. The summed E-state index contributed by atoms with van der Waals surface area (Å²) in [5.74, 6) is 0.538. The molecule has 2 aromatic heterocycles. The first-order valence-corrected chi connectivity index (χ1v) is 6.59. The van der Waals surface area contributed by atoms with Gasteiger partial charge in [0.25, 0.3) is 5.56 Å². The van der Waals surface area contributed by atoms with E-state index in [1.165, 1.54) is 0 Å². The van der Waals surface area contributed by atoms with E-state index in [0.717, 1.165) is 42.6 Å². The Hall–Kier alpha value is -2.17. The van der Waals surface area contributed by atoms with Crippen molar-refractivity contribution in [3.05, 3.63) is 51.7 Å². The fourth-order valence-electron chi connectivity index (χ4n) is 2.36. The van der Waals surface area contributed by atoms with Crippen LogP contribution in [0.5, 0.6) is 0 Å². The molecule has 0 saturated heterocycles. The van der Waals surface area contributed by atoms with E-state index in [4.69, 9.17) is 0 Å². The number of aromatic nitrogens is 3. The van der Waals surface area contributed by atoms with Crippen molar-refractivity contribution in [1.29, 1.82) is 0 Å². The zero-order valence-corrected chi connectivity index (χ0v) is 10.6. The van der Waals surface area contributed by atoms with E-state index in [-0.39, 0.29) is 5.56 Å². The van der Waals surface area contributed by atoms with Crippen LogP contribution in [0.3, 0.4) is 0 Å². The van der Waals surface area contributed by atoms with Gasteiger partial charge in [-0.15, -0.1) is 0 Å². The maximum absolute atomic E-state index is 11.9. The average Bonchev–Trinajstić information content (AvgIpc) is 2.46. The first kappa shape index (κ1) is 11.9. The summed E-state index contributed by atoms with van der Waals surface area (Å²) in [5, 5.41) is 3.12. The Bertz CT molecular complexity index is 621. The number of H-pyrrole nitrogens is 1. The fourth-order valence-corrected chi connectivity index (χ4v) is 2.36. The van der Waals surface area contributed by atoms with E-state index in [0.29, 0.717) is 12.5 Å². The van der Waals surface area contributed by atoms with Crippen molar-refractivity contribution in [3.8, 4) is 0 Å². The van der Waals surface area contributed by atoms with Crippen molar-refractivity contribution in [1.82, 2.24) is 15.0 Å². The molecule has 98 valence electrons. The Balaban J connectivity index is 1.78. The van der Waals surface area contributed by atoms with Crippen LogP contribution in [0.2, 0.25) is 0 Å². The van der Waals surface area contributed by atoms with E-state index in [1.54, 1.807) is 6.20 Å². The summed E-state index contributed by atoms with van der Waals surface area (Å²) >= 11 is 0. The minimum Gasteiger partial charge on any atom is -0.350 e. The molecule has 19 heavy (non-hydrogen) atoms. The number of anilines is 1. The molecule has 3 rings (SSSR count). The van der Waals surface area contributed by atoms with Gasteiger partial charge >= 0.3 is 0 Å². The van der Waals surface area contributed by atoms with Crippen molar-refractivity contribution in [2.45, 2.75) is 32.2 Å². The number of aryl methyl sites for hydroxylation is 1. The molecule has 0 fully saturated rings. The van der Waals surface area contributed by atoms with Crippen LogP contribution in [0.1, 0.15) is 29.8 Å². The van der Waals surface area contributed by atoms with Crippen LogP contribution in [0, 0.1) is 0 Å². The van der Waals surface area contributed by atoms with Crippen LogP contribution in [0.4, 0.5) is 5.95 Å². The fraction of sp³-hybridized carbons (Fsp3) is 0.357. The van der Waals surface area contributed by atoms with E-state index >= 15 is 0 Å². The molecule has 0 radical (unpaired) electrons. The highest BCUT2D eigenvalue weighted by Gasteiger charge is 2.15. The van der Waals surface area contributed by atoms with Crippen LogP contribution < -0.4 is 10.9 Å². The van der Waals surface area contributed by atoms with Crippen molar-refractivity contribution >= 4 is 5.95 Å². The summed E-state index contributed by atoms with van der Waals surface area (Å²) in [7, 11) is 0. The van der Waals surface area contributed by atoms with Gasteiger partial charge < -0.3 is 5.32 Å². The number of nitrogens with one attached hydrogen (secondary N) is 2. The SMILES string of the molecule is O=c1[nH]c(NCc2ccccn2)nc2c1CCCC2. The molecule has 2 N–H and O–H groups in total. The molecule has 2 aromatic rings. The third-order valence-electron chi connectivity index (χ3n) is 3.35. The Morgan fingerprint density at radius 1 is 1.26 bits per heavy atom. The standard InChI is InChI=1S/C14H16N4O/c19-13-11-6-1-2-7-12(11)17-14(18-13)16-9-10-5-3-4-8-15-10/h3-5,8H,1-2,6-7,9H2,(H2,16,17,18,19). The maximum Gasteiger partial charge on any atom is 0.255 e. The molecule has 0 amide bonds. The van der Waals surface area contributed by atoms with Gasteiger partial charge in [-0.1, -0.05) is 6.07 Å². The average molecular weight is 256 g/mol. The number of nitrogens with zero attached hydrogens (tertiary/aromatic N) is 2. The van der Waals surface area contributed by atoms with Gasteiger partial charge in [0, 0.05) is 11.8 Å². The summed E-state index contributed by atoms with van der Waals surface area (Å²) in [4.78, 5) is 23.5. The Labute approximate surface area is 111 Å². The maximum atomic E-state index is 11.9. The first-order chi connectivity index (χ1) is 9.33. The Morgan fingerprint density at radius 3 is 3.00 bits per heavy atom. The molecular formula is C14H16N4O. The van der Waals surface area contributed by atoms with Gasteiger partial charge in [0.1, 0.15) is 0 Å². The second kappa shape index (κ2) is 5.22. The highest BCUT2D eigenvalue weighted by molar-refractivity contribution is 5.31. The van der Waals surface area contributed by atoms with Gasteiger partial charge in [-0.3, -0.25) is 14.8 Å². The number of rotatable bonds is 3. The minimum atomic E-state index is -0.00628. The lowest BCUT2D eigenvalue weighted by Gasteiger charge is -2.14. The van der Waals surface area contributed by atoms with Gasteiger partial charge in [0.05, 0.1) is 17.9 Å². The molecule has 5 nitrogen and oxygen atoms in total. The highest BCUT2D eigenvalue weighted by Crippen LogP contribution is 2.16. The zero-order valence-electron chi connectivity index (χ0n) is 10.6. The molecule has 0 unspecified atom stereocenters. The second-order valence-corrected chi connectivity index (χ2v) is 4.72. The number of hydrogen-bond donors (Lipinski definition) is 2. The third kappa shape index (κ3) is 2.65. The summed E-state index contributed by atoms with van der Waals surface area (Å²) in [6, 6.07) is 5.75. The lowest BCUT2D eigenvalue weighted by Crippen LogP contribution is -2.22. The molecule has 1 aliphatic carbocycles. The lowest BCUT2D eigenvalue weighted by molar-refractivity contribution is 0.657. The molecule has 0 spiro atoms. The summed E-state index contributed by atoms with van der Waals surface area (Å²) in [6.07, 6.45) is 5.69. The number of hydrogen-bond acceptors (Lipinski definition) is 4. The van der Waals surface area contributed by atoms with Crippen LogP contribution in [-0.4, -0.2) is 15.0 Å². The van der Waals surface area contributed by atoms with E-state index in [2.05, 4.69) is 20.3 Å². The topological polar surface area (TPSA) is 70.7 Å². The summed E-state index contributed by atoms with van der Waals surface area (Å²) in [6.45, 7) is 0.558. The molecular weight excluding hydrogens is 240 g/mol. The van der Waals surface area contributed by atoms with Crippen LogP contribution >= 0.6 is 0 Å². The molecule has 0 atom stereocenters. The molecule has 0 aliphatic heterocycles. The van der Waals surface area contributed by atoms with Crippen LogP contribution in [0.15, 0.2) is 29.2 Å². The minimum absolute atomic E-state index is 0.00628. The Morgan fingerprint density at radius 2 is 2.16 bits per heavy atom. The number of aromatic amines is 1. The molecule has 0 saturated carbocycles. The van der Waals surface area contributed by atoms with Gasteiger partial charge in [0.15, 0.2) is 0 Å². The van der Waals surface area contributed by atoms with Gasteiger partial charge in [0.2, 0.25) is 5.95 Å². The molecule has 0 aromatic carbocycles. The molecule has 0 bridgehead atoms. The Kier molecular flexibility index (Phi) is 3.27. The second-order valence-electron chi connectivity index (χ2n) is 4.72. The predicted octanol–water partition coefficient (Wildman–Crippen LogP) is 1.66. The third-order valence-corrected chi connectivity index (χ3v) is 3.35. The van der Waals surface area contributed by atoms with E-state index < -0.39 is 0 Å². The normalized spacial score (nSPS) is 13.9. The quantitative estimate of drug-likeness (QED) is 0.876. The van der Waals surface area contributed by atoms with Crippen molar-refractivity contribution in [3.63, 3.8) is 0 Å². The molecule has 2 heterocycles. The summed E-state index contributed by atoms with van der Waals surface area (Å²) < 4.78 is 0. The van der Waals surface area contributed by atoms with Gasteiger partial charge in [-0.05, 0) is 37.8 Å². The van der Waals surface area contributed by atoms with Crippen molar-refractivity contribution in [2.75, 3.05) is 5.32 Å². The van der Waals surface area contributed by atoms with Crippen LogP contribution in [0.25, 0.3) is 0 Å². The van der Waals surface area contributed by atoms with Crippen molar-refractivity contribution < 1.29 is 0 Å². The largest absolute Gasteiger partial charge is 0.350 e. The number of pyridine rings is 1. The van der Waals surface area contributed by atoms with E-state index in [9.17, 15) is 4.79 Å². The van der Waals surface area contributed by atoms with Crippen LogP contribution in [-0.2, 0) is 19.4 Å². The molecule has 5 heteroatoms.